The fourth-order valence-corrected chi connectivity index (χ4v) is 3.63. The van der Waals surface area contributed by atoms with E-state index in [1.54, 1.807) is 0 Å². The lowest BCUT2D eigenvalue weighted by atomic mass is 10.1. The van der Waals surface area contributed by atoms with Crippen molar-refractivity contribution in [3.63, 3.8) is 0 Å². The van der Waals surface area contributed by atoms with Gasteiger partial charge in [0.15, 0.2) is 6.10 Å². The molecule has 1 amide bonds. The minimum absolute atomic E-state index is 0.0641. The van der Waals surface area contributed by atoms with Gasteiger partial charge in [-0.25, -0.2) is 12.7 Å². The molecule has 3 rings (SSSR count). The quantitative estimate of drug-likeness (QED) is 0.861. The fourth-order valence-electron chi connectivity index (χ4n) is 2.70. The van der Waals surface area contributed by atoms with Crippen molar-refractivity contribution in [2.75, 3.05) is 26.5 Å². The zero-order valence-electron chi connectivity index (χ0n) is 14.7. The molecule has 0 aromatic heterocycles. The van der Waals surface area contributed by atoms with Crippen LogP contribution in [0.15, 0.2) is 47.4 Å². The molecule has 0 radical (unpaired) electrons. The second-order valence-electron chi connectivity index (χ2n) is 6.06. The van der Waals surface area contributed by atoms with E-state index in [4.69, 9.17) is 9.47 Å². The van der Waals surface area contributed by atoms with Crippen LogP contribution in [0.5, 0.6) is 11.5 Å². The summed E-state index contributed by atoms with van der Waals surface area (Å²) < 4.78 is 36.7. The van der Waals surface area contributed by atoms with Crippen LogP contribution in [0.4, 0.5) is 5.69 Å². The Morgan fingerprint density at radius 1 is 1.23 bits per heavy atom. The Labute approximate surface area is 152 Å². The first kappa shape index (κ1) is 18.2. The zero-order chi connectivity index (χ0) is 18.9. The van der Waals surface area contributed by atoms with Crippen molar-refractivity contribution in [2.45, 2.75) is 17.4 Å². The number of nitrogens with zero attached hydrogens (tertiary/aromatic N) is 1. The van der Waals surface area contributed by atoms with Crippen molar-refractivity contribution >= 4 is 21.6 Å². The lowest BCUT2D eigenvalue weighted by Crippen LogP contribution is -2.31. The van der Waals surface area contributed by atoms with Crippen LogP contribution in [-0.4, -0.2) is 45.9 Å². The van der Waals surface area contributed by atoms with Gasteiger partial charge < -0.3 is 14.8 Å². The zero-order valence-corrected chi connectivity index (χ0v) is 15.5. The molecular formula is C18H20N2O5S. The number of carbonyl (C=O) groups is 1. The molecule has 1 N–H and O–H groups in total. The van der Waals surface area contributed by atoms with E-state index in [0.29, 0.717) is 17.9 Å². The molecule has 1 heterocycles. The van der Waals surface area contributed by atoms with Crippen molar-refractivity contribution in [3.8, 4) is 11.5 Å². The van der Waals surface area contributed by atoms with Gasteiger partial charge in [0.1, 0.15) is 11.5 Å². The number of amides is 1. The summed E-state index contributed by atoms with van der Waals surface area (Å²) in [6.07, 6.45) is -0.216. The highest BCUT2D eigenvalue weighted by Gasteiger charge is 2.29. The number of sulfonamides is 1. The SMILES string of the molecule is COc1ccc(S(=O)(=O)N(C)C)cc1NC(=O)C1Cc2ccccc2O1. The molecule has 1 atom stereocenters. The van der Waals surface area contributed by atoms with Crippen LogP contribution >= 0.6 is 0 Å². The van der Waals surface area contributed by atoms with Gasteiger partial charge in [-0.05, 0) is 29.8 Å². The van der Waals surface area contributed by atoms with Gasteiger partial charge in [0.2, 0.25) is 10.0 Å². The van der Waals surface area contributed by atoms with Crippen molar-refractivity contribution in [2.24, 2.45) is 0 Å². The van der Waals surface area contributed by atoms with Crippen LogP contribution in [0, 0.1) is 0 Å². The smallest absolute Gasteiger partial charge is 0.265 e. The fraction of sp³-hybridized carbons (Fsp3) is 0.278. The van der Waals surface area contributed by atoms with Crippen LogP contribution in [-0.2, 0) is 21.2 Å². The number of fused-ring (bicyclic) bond motifs is 1. The predicted molar refractivity (Wildman–Crippen MR) is 97.1 cm³/mol. The Bertz CT molecular complexity index is 915. The molecule has 0 bridgehead atoms. The Morgan fingerprint density at radius 2 is 1.96 bits per heavy atom. The molecule has 26 heavy (non-hydrogen) atoms. The second-order valence-corrected chi connectivity index (χ2v) is 8.21. The summed E-state index contributed by atoms with van der Waals surface area (Å²) in [6, 6.07) is 11.8. The minimum atomic E-state index is -3.63. The number of nitrogens with one attached hydrogen (secondary N) is 1. The first-order valence-corrected chi connectivity index (χ1v) is 9.43. The number of anilines is 1. The van der Waals surface area contributed by atoms with Crippen molar-refractivity contribution in [3.05, 3.63) is 48.0 Å². The van der Waals surface area contributed by atoms with Gasteiger partial charge in [0.05, 0.1) is 17.7 Å². The number of benzene rings is 2. The average Bonchev–Trinajstić information content (AvgIpc) is 3.05. The van der Waals surface area contributed by atoms with Crippen LogP contribution in [0.3, 0.4) is 0 Å². The number of carbonyl (C=O) groups excluding carboxylic acids is 1. The van der Waals surface area contributed by atoms with Gasteiger partial charge >= 0.3 is 0 Å². The number of ether oxygens (including phenoxy) is 2. The Hall–Kier alpha value is -2.58. The van der Waals surface area contributed by atoms with E-state index in [1.807, 2.05) is 24.3 Å². The van der Waals surface area contributed by atoms with Gasteiger partial charge in [-0.3, -0.25) is 4.79 Å². The topological polar surface area (TPSA) is 84.9 Å². The highest BCUT2D eigenvalue weighted by atomic mass is 32.2. The van der Waals surface area contributed by atoms with E-state index in [2.05, 4.69) is 5.32 Å². The molecule has 1 aliphatic heterocycles. The van der Waals surface area contributed by atoms with Crippen LogP contribution < -0.4 is 14.8 Å². The van der Waals surface area contributed by atoms with Gasteiger partial charge in [-0.1, -0.05) is 18.2 Å². The molecule has 138 valence electrons. The molecule has 0 saturated carbocycles. The Balaban J connectivity index is 1.84. The molecule has 1 unspecified atom stereocenters. The average molecular weight is 376 g/mol. The van der Waals surface area contributed by atoms with Crippen molar-refractivity contribution < 1.29 is 22.7 Å². The molecule has 0 fully saturated rings. The monoisotopic (exact) mass is 376 g/mol. The number of hydrogen-bond acceptors (Lipinski definition) is 5. The maximum Gasteiger partial charge on any atom is 0.265 e. The third kappa shape index (κ3) is 3.38. The second kappa shape index (κ2) is 6.97. The molecule has 8 heteroatoms. The predicted octanol–water partition coefficient (Wildman–Crippen LogP) is 1.89. The largest absolute Gasteiger partial charge is 0.495 e. The van der Waals surface area contributed by atoms with Gasteiger partial charge in [0, 0.05) is 20.5 Å². The highest BCUT2D eigenvalue weighted by Crippen LogP contribution is 2.31. The minimum Gasteiger partial charge on any atom is -0.495 e. The van der Waals surface area contributed by atoms with E-state index in [9.17, 15) is 13.2 Å². The molecular weight excluding hydrogens is 356 g/mol. The summed E-state index contributed by atoms with van der Waals surface area (Å²) in [5, 5.41) is 2.72. The van der Waals surface area contributed by atoms with E-state index in [0.717, 1.165) is 9.87 Å². The number of methoxy groups -OCH3 is 1. The third-order valence-electron chi connectivity index (χ3n) is 4.15. The van der Waals surface area contributed by atoms with Gasteiger partial charge in [-0.2, -0.15) is 0 Å². The summed E-state index contributed by atoms with van der Waals surface area (Å²) in [6.45, 7) is 0. The summed E-state index contributed by atoms with van der Waals surface area (Å²) in [5.74, 6) is 0.689. The third-order valence-corrected chi connectivity index (χ3v) is 5.96. The van der Waals surface area contributed by atoms with E-state index in [1.165, 1.54) is 39.4 Å². The standard InChI is InChI=1S/C18H20N2O5S/c1-20(2)26(22,23)13-8-9-16(24-3)14(11-13)19-18(21)17-10-12-6-4-5-7-15(12)25-17/h4-9,11,17H,10H2,1-3H3,(H,19,21). The Morgan fingerprint density at radius 3 is 2.62 bits per heavy atom. The van der Waals surface area contributed by atoms with Crippen LogP contribution in [0.1, 0.15) is 5.56 Å². The Kier molecular flexibility index (Phi) is 4.88. The molecule has 1 aliphatic rings. The number of rotatable bonds is 5. The first-order chi connectivity index (χ1) is 12.3. The summed E-state index contributed by atoms with van der Waals surface area (Å²) in [7, 11) is 0.715. The molecule has 0 spiro atoms. The maximum absolute atomic E-state index is 12.6. The van der Waals surface area contributed by atoms with Crippen molar-refractivity contribution in [1.29, 1.82) is 0 Å². The molecule has 0 aliphatic carbocycles. The molecule has 2 aromatic carbocycles. The van der Waals surface area contributed by atoms with E-state index >= 15 is 0 Å². The molecule has 7 nitrogen and oxygen atoms in total. The highest BCUT2D eigenvalue weighted by molar-refractivity contribution is 7.89. The first-order valence-electron chi connectivity index (χ1n) is 7.99. The van der Waals surface area contributed by atoms with Gasteiger partial charge in [-0.15, -0.1) is 0 Å². The summed E-state index contributed by atoms with van der Waals surface area (Å²) >= 11 is 0. The normalized spacial score (nSPS) is 16.1. The molecule has 0 saturated heterocycles. The maximum atomic E-state index is 12.6. The molecule has 2 aromatic rings. The van der Waals surface area contributed by atoms with Gasteiger partial charge in [0.25, 0.3) is 5.91 Å². The lowest BCUT2D eigenvalue weighted by molar-refractivity contribution is -0.122. The summed E-state index contributed by atoms with van der Waals surface area (Å²) in [5.41, 5.74) is 1.24. The summed E-state index contributed by atoms with van der Waals surface area (Å²) in [4.78, 5) is 12.7. The number of hydrogen-bond donors (Lipinski definition) is 1. The van der Waals surface area contributed by atoms with E-state index < -0.39 is 16.1 Å². The van der Waals surface area contributed by atoms with Crippen molar-refractivity contribution in [1.82, 2.24) is 4.31 Å². The lowest BCUT2D eigenvalue weighted by Gasteiger charge is -2.16. The van der Waals surface area contributed by atoms with Crippen LogP contribution in [0.25, 0.3) is 0 Å². The number of para-hydroxylation sites is 1. The van der Waals surface area contributed by atoms with E-state index in [-0.39, 0.29) is 16.5 Å². The van der Waals surface area contributed by atoms with Crippen LogP contribution in [0.2, 0.25) is 0 Å².